The molecule has 0 aliphatic carbocycles. The van der Waals surface area contributed by atoms with Crippen LogP contribution in [0.5, 0.6) is 5.75 Å². The Morgan fingerprint density at radius 2 is 2.22 bits per heavy atom. The van der Waals surface area contributed by atoms with Crippen molar-refractivity contribution in [2.45, 2.75) is 32.0 Å². The molecule has 0 amide bonds. The SMILES string of the molecule is COc1cc(N)cc(COCC2CCCCO2)c1. The zero-order valence-corrected chi connectivity index (χ0v) is 10.9. The molecule has 100 valence electrons. The van der Waals surface area contributed by atoms with E-state index in [1.807, 2.05) is 12.1 Å². The Labute approximate surface area is 108 Å². The summed E-state index contributed by atoms with van der Waals surface area (Å²) < 4.78 is 16.5. The highest BCUT2D eigenvalue weighted by molar-refractivity contribution is 5.47. The van der Waals surface area contributed by atoms with Gasteiger partial charge in [-0.1, -0.05) is 0 Å². The summed E-state index contributed by atoms with van der Waals surface area (Å²) in [7, 11) is 1.63. The fourth-order valence-corrected chi connectivity index (χ4v) is 2.13. The fraction of sp³-hybridized carbons (Fsp3) is 0.571. The maximum absolute atomic E-state index is 5.79. The Morgan fingerprint density at radius 1 is 1.33 bits per heavy atom. The van der Waals surface area contributed by atoms with Crippen molar-refractivity contribution in [3.05, 3.63) is 23.8 Å². The highest BCUT2D eigenvalue weighted by Crippen LogP contribution is 2.19. The first-order valence-corrected chi connectivity index (χ1v) is 6.40. The number of nitrogen functional groups attached to an aromatic ring is 1. The molecule has 0 radical (unpaired) electrons. The van der Waals surface area contributed by atoms with Crippen LogP contribution in [0.3, 0.4) is 0 Å². The van der Waals surface area contributed by atoms with E-state index < -0.39 is 0 Å². The van der Waals surface area contributed by atoms with Gasteiger partial charge in [-0.05, 0) is 37.0 Å². The molecule has 1 fully saturated rings. The van der Waals surface area contributed by atoms with E-state index in [1.165, 1.54) is 12.8 Å². The molecular weight excluding hydrogens is 230 g/mol. The molecule has 1 unspecified atom stereocenters. The van der Waals surface area contributed by atoms with Crippen molar-refractivity contribution in [2.24, 2.45) is 0 Å². The number of benzene rings is 1. The molecule has 0 bridgehead atoms. The van der Waals surface area contributed by atoms with Gasteiger partial charge in [-0.25, -0.2) is 0 Å². The van der Waals surface area contributed by atoms with E-state index in [0.29, 0.717) is 18.9 Å². The van der Waals surface area contributed by atoms with Crippen LogP contribution in [-0.4, -0.2) is 26.4 Å². The van der Waals surface area contributed by atoms with E-state index in [2.05, 4.69) is 0 Å². The lowest BCUT2D eigenvalue weighted by molar-refractivity contribution is -0.0447. The monoisotopic (exact) mass is 251 g/mol. The van der Waals surface area contributed by atoms with E-state index in [0.717, 1.165) is 24.3 Å². The molecule has 1 saturated heterocycles. The molecule has 1 aliphatic rings. The van der Waals surface area contributed by atoms with E-state index in [1.54, 1.807) is 13.2 Å². The second-order valence-electron chi connectivity index (χ2n) is 4.62. The molecule has 1 aromatic rings. The van der Waals surface area contributed by atoms with Gasteiger partial charge < -0.3 is 19.9 Å². The van der Waals surface area contributed by atoms with Crippen LogP contribution in [0.2, 0.25) is 0 Å². The molecule has 1 heterocycles. The molecule has 2 N–H and O–H groups in total. The van der Waals surface area contributed by atoms with Gasteiger partial charge >= 0.3 is 0 Å². The lowest BCUT2D eigenvalue weighted by Crippen LogP contribution is -2.24. The van der Waals surface area contributed by atoms with Gasteiger partial charge in [0.25, 0.3) is 0 Å². The molecule has 4 heteroatoms. The van der Waals surface area contributed by atoms with Gasteiger partial charge in [-0.2, -0.15) is 0 Å². The second kappa shape index (κ2) is 6.61. The van der Waals surface area contributed by atoms with Crippen molar-refractivity contribution in [3.63, 3.8) is 0 Å². The third-order valence-corrected chi connectivity index (χ3v) is 3.07. The first-order valence-electron chi connectivity index (χ1n) is 6.40. The average Bonchev–Trinajstić information content (AvgIpc) is 2.39. The standard InChI is InChI=1S/C14H21NO3/c1-16-14-7-11(6-12(15)8-14)9-17-10-13-4-2-3-5-18-13/h6-8,13H,2-5,9-10,15H2,1H3. The zero-order chi connectivity index (χ0) is 12.8. The predicted octanol–water partition coefficient (Wildman–Crippen LogP) is 2.36. The van der Waals surface area contributed by atoms with Gasteiger partial charge in [-0.15, -0.1) is 0 Å². The third kappa shape index (κ3) is 3.89. The van der Waals surface area contributed by atoms with Gasteiger partial charge in [0.15, 0.2) is 0 Å². The van der Waals surface area contributed by atoms with E-state index >= 15 is 0 Å². The van der Waals surface area contributed by atoms with Gasteiger partial charge in [-0.3, -0.25) is 0 Å². The Morgan fingerprint density at radius 3 is 2.94 bits per heavy atom. The highest BCUT2D eigenvalue weighted by atomic mass is 16.5. The van der Waals surface area contributed by atoms with Crippen LogP contribution in [0.25, 0.3) is 0 Å². The number of methoxy groups -OCH3 is 1. The van der Waals surface area contributed by atoms with Crippen LogP contribution >= 0.6 is 0 Å². The number of ether oxygens (including phenoxy) is 3. The van der Waals surface area contributed by atoms with Crippen molar-refractivity contribution < 1.29 is 14.2 Å². The third-order valence-electron chi connectivity index (χ3n) is 3.07. The largest absolute Gasteiger partial charge is 0.497 e. The molecule has 1 aliphatic heterocycles. The number of anilines is 1. The topological polar surface area (TPSA) is 53.7 Å². The Bertz CT molecular complexity index is 375. The van der Waals surface area contributed by atoms with E-state index in [4.69, 9.17) is 19.9 Å². The number of hydrogen-bond acceptors (Lipinski definition) is 4. The summed E-state index contributed by atoms with van der Waals surface area (Å²) in [5, 5.41) is 0. The maximum Gasteiger partial charge on any atom is 0.121 e. The Balaban J connectivity index is 1.80. The molecule has 0 saturated carbocycles. The van der Waals surface area contributed by atoms with E-state index in [-0.39, 0.29) is 6.10 Å². The minimum absolute atomic E-state index is 0.252. The summed E-state index contributed by atoms with van der Waals surface area (Å²) >= 11 is 0. The van der Waals surface area contributed by atoms with Crippen LogP contribution < -0.4 is 10.5 Å². The molecule has 0 aromatic heterocycles. The number of rotatable bonds is 5. The number of hydrogen-bond donors (Lipinski definition) is 1. The smallest absolute Gasteiger partial charge is 0.121 e. The molecule has 1 atom stereocenters. The quantitative estimate of drug-likeness (QED) is 0.816. The Kier molecular flexibility index (Phi) is 4.84. The predicted molar refractivity (Wildman–Crippen MR) is 70.7 cm³/mol. The Hall–Kier alpha value is -1.26. The highest BCUT2D eigenvalue weighted by Gasteiger charge is 2.13. The minimum Gasteiger partial charge on any atom is -0.497 e. The summed E-state index contributed by atoms with van der Waals surface area (Å²) in [6.45, 7) is 2.05. The van der Waals surface area contributed by atoms with Gasteiger partial charge in [0, 0.05) is 18.4 Å². The van der Waals surface area contributed by atoms with Crippen LogP contribution in [0.15, 0.2) is 18.2 Å². The summed E-state index contributed by atoms with van der Waals surface area (Å²) in [4.78, 5) is 0. The van der Waals surface area contributed by atoms with Crippen LogP contribution in [0.4, 0.5) is 5.69 Å². The van der Waals surface area contributed by atoms with Crippen LogP contribution in [0, 0.1) is 0 Å². The number of nitrogens with two attached hydrogens (primary N) is 1. The lowest BCUT2D eigenvalue weighted by atomic mass is 10.1. The summed E-state index contributed by atoms with van der Waals surface area (Å²) in [6, 6.07) is 5.65. The van der Waals surface area contributed by atoms with Crippen LogP contribution in [-0.2, 0) is 16.1 Å². The van der Waals surface area contributed by atoms with E-state index in [9.17, 15) is 0 Å². The van der Waals surface area contributed by atoms with Crippen molar-refractivity contribution in [1.82, 2.24) is 0 Å². The lowest BCUT2D eigenvalue weighted by Gasteiger charge is -2.22. The summed E-state index contributed by atoms with van der Waals surface area (Å²) in [5.41, 5.74) is 7.52. The van der Waals surface area contributed by atoms with Crippen molar-refractivity contribution >= 4 is 5.69 Å². The fourth-order valence-electron chi connectivity index (χ4n) is 2.13. The normalized spacial score (nSPS) is 19.7. The maximum atomic E-state index is 5.79. The summed E-state index contributed by atoms with van der Waals surface area (Å²) in [6.07, 6.45) is 3.75. The van der Waals surface area contributed by atoms with Crippen molar-refractivity contribution in [1.29, 1.82) is 0 Å². The average molecular weight is 251 g/mol. The first-order chi connectivity index (χ1) is 8.78. The van der Waals surface area contributed by atoms with Gasteiger partial charge in [0.2, 0.25) is 0 Å². The molecule has 4 nitrogen and oxygen atoms in total. The zero-order valence-electron chi connectivity index (χ0n) is 10.9. The molecular formula is C14H21NO3. The first kappa shape index (κ1) is 13.2. The molecule has 1 aromatic carbocycles. The minimum atomic E-state index is 0.252. The second-order valence-corrected chi connectivity index (χ2v) is 4.62. The molecule has 0 spiro atoms. The molecule has 18 heavy (non-hydrogen) atoms. The van der Waals surface area contributed by atoms with Crippen molar-refractivity contribution in [2.75, 3.05) is 26.1 Å². The van der Waals surface area contributed by atoms with Gasteiger partial charge in [0.05, 0.1) is 26.4 Å². The van der Waals surface area contributed by atoms with Crippen molar-refractivity contribution in [3.8, 4) is 5.75 Å². The van der Waals surface area contributed by atoms with Gasteiger partial charge in [0.1, 0.15) is 5.75 Å². The van der Waals surface area contributed by atoms with Crippen LogP contribution in [0.1, 0.15) is 24.8 Å². The summed E-state index contributed by atoms with van der Waals surface area (Å²) in [5.74, 6) is 0.766. The molecule has 2 rings (SSSR count).